The summed E-state index contributed by atoms with van der Waals surface area (Å²) in [6.45, 7) is 0. The normalized spacial score (nSPS) is 11.0. The Morgan fingerprint density at radius 3 is 2.83 bits per heavy atom. The second-order valence-electron chi connectivity index (χ2n) is 4.04. The van der Waals surface area contributed by atoms with Crippen molar-refractivity contribution in [1.82, 2.24) is 4.98 Å². The van der Waals surface area contributed by atoms with E-state index in [-0.39, 0.29) is 5.82 Å². The molecule has 0 atom stereocenters. The van der Waals surface area contributed by atoms with Crippen LogP contribution in [-0.2, 0) is 4.74 Å². The third-order valence-electron chi connectivity index (χ3n) is 3.00. The van der Waals surface area contributed by atoms with Crippen LogP contribution in [0.25, 0.3) is 21.8 Å². The summed E-state index contributed by atoms with van der Waals surface area (Å²) in [4.78, 5) is 14.4. The van der Waals surface area contributed by atoms with Crippen LogP contribution in [0.2, 0.25) is 0 Å². The van der Waals surface area contributed by atoms with Gasteiger partial charge in [-0.25, -0.2) is 9.18 Å². The number of fused-ring (bicyclic) bond motifs is 3. The van der Waals surface area contributed by atoms with Crippen LogP contribution in [0.3, 0.4) is 0 Å². The molecule has 0 aliphatic rings. The quantitative estimate of drug-likeness (QED) is 0.666. The van der Waals surface area contributed by atoms with Crippen LogP contribution in [0.1, 0.15) is 10.4 Å². The van der Waals surface area contributed by atoms with Gasteiger partial charge in [0, 0.05) is 16.3 Å². The number of aromatic nitrogens is 1. The van der Waals surface area contributed by atoms with E-state index in [0.717, 1.165) is 16.3 Å². The number of hydrogen-bond acceptors (Lipinski definition) is 2. The minimum Gasteiger partial charge on any atom is -0.465 e. The van der Waals surface area contributed by atoms with Crippen molar-refractivity contribution in [2.45, 2.75) is 0 Å². The Morgan fingerprint density at radius 2 is 2.06 bits per heavy atom. The summed E-state index contributed by atoms with van der Waals surface area (Å²) in [6, 6.07) is 10.0. The van der Waals surface area contributed by atoms with E-state index in [9.17, 15) is 9.18 Å². The van der Waals surface area contributed by atoms with Gasteiger partial charge >= 0.3 is 5.97 Å². The first kappa shape index (κ1) is 10.8. The Morgan fingerprint density at radius 1 is 1.22 bits per heavy atom. The molecule has 1 N–H and O–H groups in total. The number of ether oxygens (including phenoxy) is 1. The van der Waals surface area contributed by atoms with Crippen LogP contribution in [0, 0.1) is 5.82 Å². The Bertz CT molecular complexity index is 761. The highest BCUT2D eigenvalue weighted by Gasteiger charge is 2.11. The lowest BCUT2D eigenvalue weighted by molar-refractivity contribution is 0.0601. The van der Waals surface area contributed by atoms with Gasteiger partial charge in [0.2, 0.25) is 0 Å². The predicted molar refractivity (Wildman–Crippen MR) is 67.1 cm³/mol. The average Bonchev–Trinajstić information content (AvgIpc) is 2.77. The van der Waals surface area contributed by atoms with Crippen molar-refractivity contribution in [2.24, 2.45) is 0 Å². The van der Waals surface area contributed by atoms with Crippen molar-refractivity contribution in [3.05, 3.63) is 47.8 Å². The lowest BCUT2D eigenvalue weighted by Gasteiger charge is -1.98. The number of hydrogen-bond donors (Lipinski definition) is 1. The van der Waals surface area contributed by atoms with Crippen LogP contribution >= 0.6 is 0 Å². The summed E-state index contributed by atoms with van der Waals surface area (Å²) in [5.41, 5.74) is 1.62. The third kappa shape index (κ3) is 1.46. The molecule has 3 aromatic rings. The van der Waals surface area contributed by atoms with Gasteiger partial charge in [0.05, 0.1) is 18.2 Å². The second-order valence-corrected chi connectivity index (χ2v) is 4.04. The van der Waals surface area contributed by atoms with Gasteiger partial charge in [0.25, 0.3) is 0 Å². The summed E-state index contributed by atoms with van der Waals surface area (Å²) >= 11 is 0. The maximum Gasteiger partial charge on any atom is 0.337 e. The van der Waals surface area contributed by atoms with Crippen molar-refractivity contribution in [1.29, 1.82) is 0 Å². The molecule has 90 valence electrons. The standard InChI is InChI=1S/C14H10FNO2/c1-18-14(17)8-5-6-9-10-3-2-4-11(15)13(10)16-12(9)7-8/h2-7,16H,1H3. The van der Waals surface area contributed by atoms with Gasteiger partial charge in [-0.15, -0.1) is 0 Å². The molecule has 0 spiro atoms. The molecule has 3 rings (SSSR count). The molecule has 4 heteroatoms. The van der Waals surface area contributed by atoms with Crippen molar-refractivity contribution in [3.8, 4) is 0 Å². The lowest BCUT2D eigenvalue weighted by atomic mass is 10.1. The summed E-state index contributed by atoms with van der Waals surface area (Å²) in [5, 5.41) is 1.69. The van der Waals surface area contributed by atoms with Crippen LogP contribution in [-0.4, -0.2) is 18.1 Å². The maximum atomic E-state index is 13.6. The zero-order chi connectivity index (χ0) is 12.7. The fourth-order valence-electron chi connectivity index (χ4n) is 2.14. The number of aromatic amines is 1. The van der Waals surface area contributed by atoms with Crippen molar-refractivity contribution < 1.29 is 13.9 Å². The number of benzene rings is 2. The minimum atomic E-state index is -0.406. The number of para-hydroxylation sites is 1. The second kappa shape index (κ2) is 3.84. The highest BCUT2D eigenvalue weighted by Crippen LogP contribution is 2.27. The molecule has 1 heterocycles. The van der Waals surface area contributed by atoms with Crippen LogP contribution in [0.5, 0.6) is 0 Å². The number of methoxy groups -OCH3 is 1. The predicted octanol–water partition coefficient (Wildman–Crippen LogP) is 3.25. The van der Waals surface area contributed by atoms with Gasteiger partial charge in [-0.05, 0) is 18.2 Å². The van der Waals surface area contributed by atoms with E-state index in [1.165, 1.54) is 13.2 Å². The number of carbonyl (C=O) groups excluding carboxylic acids is 1. The van der Waals surface area contributed by atoms with Gasteiger partial charge in [-0.2, -0.15) is 0 Å². The van der Waals surface area contributed by atoms with E-state index < -0.39 is 5.97 Å². The number of rotatable bonds is 1. The monoisotopic (exact) mass is 243 g/mol. The maximum absolute atomic E-state index is 13.6. The topological polar surface area (TPSA) is 42.1 Å². The zero-order valence-corrected chi connectivity index (χ0v) is 9.66. The Kier molecular flexibility index (Phi) is 2.30. The first-order chi connectivity index (χ1) is 8.70. The van der Waals surface area contributed by atoms with Gasteiger partial charge < -0.3 is 9.72 Å². The van der Waals surface area contributed by atoms with Crippen LogP contribution in [0.15, 0.2) is 36.4 Å². The molecule has 2 aromatic carbocycles. The summed E-state index contributed by atoms with van der Waals surface area (Å²) in [6.07, 6.45) is 0. The Labute approximate surface area is 102 Å². The summed E-state index contributed by atoms with van der Waals surface area (Å²) in [5.74, 6) is -0.709. The SMILES string of the molecule is COC(=O)c1ccc2c(c1)[nH]c1c(F)cccc12. The van der Waals surface area contributed by atoms with E-state index in [1.54, 1.807) is 24.3 Å². The zero-order valence-electron chi connectivity index (χ0n) is 9.66. The molecule has 0 saturated heterocycles. The Balaban J connectivity index is 2.33. The smallest absolute Gasteiger partial charge is 0.337 e. The summed E-state index contributed by atoms with van der Waals surface area (Å²) < 4.78 is 18.3. The van der Waals surface area contributed by atoms with Crippen LogP contribution < -0.4 is 0 Å². The molecule has 0 aliphatic carbocycles. The molecule has 18 heavy (non-hydrogen) atoms. The number of halogens is 1. The molecule has 0 unspecified atom stereocenters. The fraction of sp³-hybridized carbons (Fsp3) is 0.0714. The fourth-order valence-corrected chi connectivity index (χ4v) is 2.14. The lowest BCUT2D eigenvalue weighted by Crippen LogP contribution is -2.00. The molecule has 0 aliphatic heterocycles. The van der Waals surface area contributed by atoms with E-state index >= 15 is 0 Å². The molecule has 0 bridgehead atoms. The van der Waals surface area contributed by atoms with E-state index in [0.29, 0.717) is 11.1 Å². The molecule has 0 amide bonds. The number of esters is 1. The molecule has 0 fully saturated rings. The first-order valence-corrected chi connectivity index (χ1v) is 5.49. The van der Waals surface area contributed by atoms with Crippen molar-refractivity contribution >= 4 is 27.8 Å². The van der Waals surface area contributed by atoms with Crippen molar-refractivity contribution in [3.63, 3.8) is 0 Å². The Hall–Kier alpha value is -2.36. The largest absolute Gasteiger partial charge is 0.465 e. The van der Waals surface area contributed by atoms with Crippen molar-refractivity contribution in [2.75, 3.05) is 7.11 Å². The minimum absolute atomic E-state index is 0.302. The summed E-state index contributed by atoms with van der Waals surface area (Å²) in [7, 11) is 1.33. The van der Waals surface area contributed by atoms with Gasteiger partial charge in [0.15, 0.2) is 0 Å². The number of nitrogens with one attached hydrogen (secondary N) is 1. The molecule has 1 aromatic heterocycles. The highest BCUT2D eigenvalue weighted by molar-refractivity contribution is 6.09. The molecule has 0 saturated carbocycles. The van der Waals surface area contributed by atoms with Gasteiger partial charge in [-0.3, -0.25) is 0 Å². The van der Waals surface area contributed by atoms with Gasteiger partial charge in [0.1, 0.15) is 5.82 Å². The number of H-pyrrole nitrogens is 1. The number of carbonyl (C=O) groups is 1. The molecular weight excluding hydrogens is 233 g/mol. The van der Waals surface area contributed by atoms with E-state index in [4.69, 9.17) is 0 Å². The van der Waals surface area contributed by atoms with Gasteiger partial charge in [-0.1, -0.05) is 18.2 Å². The molecular formula is C14H10FNO2. The van der Waals surface area contributed by atoms with E-state index in [1.807, 2.05) is 6.07 Å². The average molecular weight is 243 g/mol. The molecule has 3 nitrogen and oxygen atoms in total. The third-order valence-corrected chi connectivity index (χ3v) is 3.00. The molecule has 0 radical (unpaired) electrons. The highest BCUT2D eigenvalue weighted by atomic mass is 19.1. The van der Waals surface area contributed by atoms with Crippen LogP contribution in [0.4, 0.5) is 4.39 Å². The first-order valence-electron chi connectivity index (χ1n) is 5.49. The van der Waals surface area contributed by atoms with E-state index in [2.05, 4.69) is 9.72 Å².